The van der Waals surface area contributed by atoms with E-state index in [1.807, 2.05) is 67.5 Å². The Bertz CT molecular complexity index is 783. The van der Waals surface area contributed by atoms with Gasteiger partial charge in [-0.2, -0.15) is 0 Å². The van der Waals surface area contributed by atoms with Crippen LogP contribution in [0.5, 0.6) is 0 Å². The molecule has 2 aromatic rings. The number of hydrogen-bond acceptors (Lipinski definition) is 6. The van der Waals surface area contributed by atoms with E-state index in [4.69, 9.17) is 9.47 Å². The molecule has 0 radical (unpaired) electrons. The monoisotopic (exact) mass is 416 g/mol. The molecule has 2 aromatic heterocycles. The molecule has 0 aliphatic heterocycles. The zero-order valence-corrected chi connectivity index (χ0v) is 19.0. The largest absolute Gasteiger partial charge is 0.444 e. The first-order valence-corrected chi connectivity index (χ1v) is 9.59. The highest BCUT2D eigenvalue weighted by Crippen LogP contribution is 2.11. The molecule has 0 aliphatic rings. The molecule has 0 saturated carbocycles. The Balaban J connectivity index is 0.000000300. The lowest BCUT2D eigenvalue weighted by Gasteiger charge is -2.19. The average molecular weight is 417 g/mol. The first-order chi connectivity index (χ1) is 13.7. The molecule has 0 spiro atoms. The minimum atomic E-state index is -0.492. The van der Waals surface area contributed by atoms with Gasteiger partial charge in [0.05, 0.1) is 0 Å². The van der Waals surface area contributed by atoms with Crippen molar-refractivity contribution in [1.82, 2.24) is 9.97 Å². The summed E-state index contributed by atoms with van der Waals surface area (Å²) in [6.45, 7) is 14.8. The first kappa shape index (κ1) is 24.9. The van der Waals surface area contributed by atoms with Gasteiger partial charge in [-0.15, -0.1) is 0 Å². The van der Waals surface area contributed by atoms with E-state index in [9.17, 15) is 9.59 Å². The quantitative estimate of drug-likeness (QED) is 0.672. The van der Waals surface area contributed by atoms with Crippen LogP contribution in [-0.2, 0) is 9.47 Å². The summed E-state index contributed by atoms with van der Waals surface area (Å²) in [6.07, 6.45) is 2.31. The molecule has 0 aromatic carbocycles. The van der Waals surface area contributed by atoms with E-state index < -0.39 is 23.4 Å². The average Bonchev–Trinajstić information content (AvgIpc) is 2.51. The van der Waals surface area contributed by atoms with Gasteiger partial charge >= 0.3 is 12.2 Å². The Labute approximate surface area is 178 Å². The van der Waals surface area contributed by atoms with Crippen molar-refractivity contribution in [3.63, 3.8) is 0 Å². The van der Waals surface area contributed by atoms with Crippen molar-refractivity contribution in [2.24, 2.45) is 0 Å². The summed E-state index contributed by atoms with van der Waals surface area (Å²) in [6, 6.07) is 7.29. The molecule has 2 amide bonds. The predicted octanol–water partition coefficient (Wildman–Crippen LogP) is 5.47. The standard InChI is InChI=1S/2C11H16N2O2/c2*1-8-5-6-12-9(7-8)13-10(14)15-11(2,3)4/h2*5-7H,1-4H3,(H,12,13,14). The molecule has 0 atom stereocenters. The van der Waals surface area contributed by atoms with Gasteiger partial charge in [0, 0.05) is 12.4 Å². The normalized spacial score (nSPS) is 10.9. The number of anilines is 2. The summed E-state index contributed by atoms with van der Waals surface area (Å²) in [5, 5.41) is 5.13. The smallest absolute Gasteiger partial charge is 0.413 e. The van der Waals surface area contributed by atoms with Crippen LogP contribution in [-0.4, -0.2) is 33.4 Å². The van der Waals surface area contributed by atoms with Crippen molar-refractivity contribution in [1.29, 1.82) is 0 Å². The molecule has 0 fully saturated rings. The number of aryl methyl sites for hydroxylation is 2. The number of amides is 2. The number of carbonyl (C=O) groups excluding carboxylic acids is 2. The minimum Gasteiger partial charge on any atom is -0.444 e. The number of hydrogen-bond donors (Lipinski definition) is 2. The van der Waals surface area contributed by atoms with Crippen LogP contribution in [0.25, 0.3) is 0 Å². The molecular weight excluding hydrogens is 384 g/mol. The number of aromatic nitrogens is 2. The highest BCUT2D eigenvalue weighted by Gasteiger charge is 2.17. The Kier molecular flexibility index (Phi) is 8.76. The van der Waals surface area contributed by atoms with Gasteiger partial charge in [-0.05, 0) is 90.8 Å². The molecule has 0 unspecified atom stereocenters. The van der Waals surface area contributed by atoms with E-state index in [1.165, 1.54) is 0 Å². The molecule has 0 aliphatic carbocycles. The molecule has 8 nitrogen and oxygen atoms in total. The van der Waals surface area contributed by atoms with Crippen molar-refractivity contribution in [3.8, 4) is 0 Å². The third-order valence-electron chi connectivity index (χ3n) is 3.09. The number of rotatable bonds is 2. The van der Waals surface area contributed by atoms with Gasteiger partial charge < -0.3 is 9.47 Å². The molecule has 2 N–H and O–H groups in total. The fraction of sp³-hybridized carbons (Fsp3) is 0.455. The molecule has 0 saturated heterocycles. The van der Waals surface area contributed by atoms with E-state index in [0.29, 0.717) is 11.6 Å². The SMILES string of the molecule is Cc1ccnc(NC(=O)OC(C)(C)C)c1.Cc1ccnc(NC(=O)OC(C)(C)C)c1. The Hall–Kier alpha value is -3.16. The summed E-state index contributed by atoms with van der Waals surface area (Å²) < 4.78 is 10.2. The zero-order chi connectivity index (χ0) is 22.9. The van der Waals surface area contributed by atoms with Crippen LogP contribution in [0.15, 0.2) is 36.7 Å². The number of ether oxygens (including phenoxy) is 2. The lowest BCUT2D eigenvalue weighted by molar-refractivity contribution is 0.0624. The van der Waals surface area contributed by atoms with Crippen LogP contribution >= 0.6 is 0 Å². The number of carbonyl (C=O) groups is 2. The molecular formula is C22H32N4O4. The third-order valence-corrected chi connectivity index (χ3v) is 3.09. The second kappa shape index (κ2) is 10.6. The van der Waals surface area contributed by atoms with E-state index in [0.717, 1.165) is 11.1 Å². The van der Waals surface area contributed by atoms with Gasteiger partial charge in [-0.1, -0.05) is 0 Å². The number of nitrogens with zero attached hydrogens (tertiary/aromatic N) is 2. The summed E-state index contributed by atoms with van der Waals surface area (Å²) in [7, 11) is 0. The highest BCUT2D eigenvalue weighted by molar-refractivity contribution is 5.84. The molecule has 2 rings (SSSR count). The van der Waals surface area contributed by atoms with E-state index >= 15 is 0 Å². The summed E-state index contributed by atoms with van der Waals surface area (Å²) in [4.78, 5) is 30.7. The van der Waals surface area contributed by atoms with Crippen LogP contribution in [0.4, 0.5) is 21.2 Å². The van der Waals surface area contributed by atoms with Gasteiger partial charge in [-0.3, -0.25) is 10.6 Å². The number of pyridine rings is 2. The van der Waals surface area contributed by atoms with Crippen molar-refractivity contribution in [2.45, 2.75) is 66.6 Å². The zero-order valence-electron chi connectivity index (χ0n) is 19.0. The van der Waals surface area contributed by atoms with Crippen LogP contribution in [0.2, 0.25) is 0 Å². The van der Waals surface area contributed by atoms with Gasteiger partial charge in [-0.25, -0.2) is 19.6 Å². The van der Waals surface area contributed by atoms with E-state index in [1.54, 1.807) is 24.5 Å². The maximum Gasteiger partial charge on any atom is 0.413 e. The fourth-order valence-electron chi connectivity index (χ4n) is 2.03. The fourth-order valence-corrected chi connectivity index (χ4v) is 2.03. The van der Waals surface area contributed by atoms with Gasteiger partial charge in [0.1, 0.15) is 22.8 Å². The second-order valence-electron chi connectivity index (χ2n) is 8.69. The van der Waals surface area contributed by atoms with Gasteiger partial charge in [0.2, 0.25) is 0 Å². The van der Waals surface area contributed by atoms with Gasteiger partial charge in [0.15, 0.2) is 0 Å². The first-order valence-electron chi connectivity index (χ1n) is 9.59. The lowest BCUT2D eigenvalue weighted by Crippen LogP contribution is -2.27. The van der Waals surface area contributed by atoms with Crippen molar-refractivity contribution in [3.05, 3.63) is 47.8 Å². The van der Waals surface area contributed by atoms with Crippen LogP contribution in [0.1, 0.15) is 52.7 Å². The Morgan fingerprint density at radius 1 is 0.733 bits per heavy atom. The summed E-state index contributed by atoms with van der Waals surface area (Å²) >= 11 is 0. The molecule has 164 valence electrons. The maximum atomic E-state index is 11.4. The van der Waals surface area contributed by atoms with Gasteiger partial charge in [0.25, 0.3) is 0 Å². The Morgan fingerprint density at radius 3 is 1.33 bits per heavy atom. The minimum absolute atomic E-state index is 0.486. The van der Waals surface area contributed by atoms with E-state index in [2.05, 4.69) is 20.6 Å². The highest BCUT2D eigenvalue weighted by atomic mass is 16.6. The predicted molar refractivity (Wildman–Crippen MR) is 118 cm³/mol. The molecule has 30 heavy (non-hydrogen) atoms. The van der Waals surface area contributed by atoms with Crippen LogP contribution < -0.4 is 10.6 Å². The summed E-state index contributed by atoms with van der Waals surface area (Å²) in [5.41, 5.74) is 1.09. The molecule has 2 heterocycles. The maximum absolute atomic E-state index is 11.4. The number of nitrogens with one attached hydrogen (secondary N) is 2. The van der Waals surface area contributed by atoms with Crippen molar-refractivity contribution in [2.75, 3.05) is 10.6 Å². The van der Waals surface area contributed by atoms with Crippen molar-refractivity contribution < 1.29 is 19.1 Å². The van der Waals surface area contributed by atoms with E-state index in [-0.39, 0.29) is 0 Å². The molecule has 8 heteroatoms. The third kappa shape index (κ3) is 11.6. The molecule has 0 bridgehead atoms. The van der Waals surface area contributed by atoms with Crippen molar-refractivity contribution >= 4 is 23.8 Å². The van der Waals surface area contributed by atoms with Crippen LogP contribution in [0.3, 0.4) is 0 Å². The lowest BCUT2D eigenvalue weighted by atomic mass is 10.2. The summed E-state index contributed by atoms with van der Waals surface area (Å²) in [5.74, 6) is 1.01. The second-order valence-corrected chi connectivity index (χ2v) is 8.69. The van der Waals surface area contributed by atoms with Crippen LogP contribution in [0, 0.1) is 13.8 Å². The Morgan fingerprint density at radius 2 is 1.07 bits per heavy atom. The topological polar surface area (TPSA) is 102 Å².